The van der Waals surface area contributed by atoms with Gasteiger partial charge in [0.05, 0.1) is 11.7 Å². The summed E-state index contributed by atoms with van der Waals surface area (Å²) in [5.41, 5.74) is -0.815. The number of alkyl halides is 3. The van der Waals surface area contributed by atoms with Crippen molar-refractivity contribution in [1.82, 2.24) is 15.0 Å². The molecule has 1 heterocycles. The normalized spacial score (nSPS) is 14.4. The van der Waals surface area contributed by atoms with Gasteiger partial charge in [-0.2, -0.15) is 13.2 Å². The Morgan fingerprint density at radius 2 is 2.00 bits per heavy atom. The lowest BCUT2D eigenvalue weighted by Gasteiger charge is -2.14. The molecule has 0 spiro atoms. The van der Waals surface area contributed by atoms with Gasteiger partial charge in [-0.25, -0.2) is 4.68 Å². The smallest absolute Gasteiger partial charge is 0.237 e. The number of aryl methyl sites for hydroxylation is 1. The van der Waals surface area contributed by atoms with E-state index in [4.69, 9.17) is 0 Å². The Morgan fingerprint density at radius 1 is 1.43 bits per heavy atom. The molecule has 0 aliphatic heterocycles. The highest BCUT2D eigenvalue weighted by Gasteiger charge is 2.38. The zero-order valence-corrected chi connectivity index (χ0v) is 8.26. The molecule has 1 aromatic rings. The van der Waals surface area contributed by atoms with E-state index >= 15 is 0 Å². The molecular weight excluding hydrogens is 195 g/mol. The summed E-state index contributed by atoms with van der Waals surface area (Å²) in [4.78, 5) is 0. The van der Waals surface area contributed by atoms with E-state index in [2.05, 4.69) is 10.3 Å². The van der Waals surface area contributed by atoms with E-state index in [0.29, 0.717) is 6.42 Å². The maximum absolute atomic E-state index is 12.5. The lowest BCUT2D eigenvalue weighted by molar-refractivity contribution is -0.145. The summed E-state index contributed by atoms with van der Waals surface area (Å²) in [6.07, 6.45) is -3.79. The largest absolute Gasteiger partial charge is 0.434 e. The minimum atomic E-state index is -4.38. The van der Waals surface area contributed by atoms with Crippen molar-refractivity contribution in [2.75, 3.05) is 0 Å². The molecule has 3 nitrogen and oxygen atoms in total. The lowest BCUT2D eigenvalue weighted by atomic mass is 10.2. The Balaban J connectivity index is 3.19. The molecular formula is C8H12F3N3. The number of hydrogen-bond acceptors (Lipinski definition) is 2. The summed E-state index contributed by atoms with van der Waals surface area (Å²) in [5, 5.41) is 6.94. The van der Waals surface area contributed by atoms with E-state index in [-0.39, 0.29) is 11.7 Å². The lowest BCUT2D eigenvalue weighted by Crippen LogP contribution is -2.18. The van der Waals surface area contributed by atoms with Crippen molar-refractivity contribution in [3.05, 3.63) is 11.4 Å². The highest BCUT2D eigenvalue weighted by atomic mass is 19.4. The van der Waals surface area contributed by atoms with Crippen molar-refractivity contribution >= 4 is 0 Å². The molecule has 6 heteroatoms. The third-order valence-corrected chi connectivity index (χ3v) is 2.14. The summed E-state index contributed by atoms with van der Waals surface area (Å²) < 4.78 is 38.6. The second-order valence-electron chi connectivity index (χ2n) is 3.22. The molecule has 0 aliphatic rings. The van der Waals surface area contributed by atoms with Gasteiger partial charge in [-0.1, -0.05) is 12.1 Å². The molecule has 0 amide bonds. The zero-order chi connectivity index (χ0) is 10.9. The minimum absolute atomic E-state index is 0.0715. The number of rotatable bonds is 2. The predicted octanol–water partition coefficient (Wildman–Crippen LogP) is 2.58. The maximum atomic E-state index is 12.5. The van der Waals surface area contributed by atoms with Crippen LogP contribution in [0.15, 0.2) is 0 Å². The van der Waals surface area contributed by atoms with Gasteiger partial charge in [0.1, 0.15) is 0 Å². The van der Waals surface area contributed by atoms with Crippen molar-refractivity contribution in [2.45, 2.75) is 39.4 Å². The molecule has 0 radical (unpaired) electrons. The average Bonchev–Trinajstić information content (AvgIpc) is 2.44. The molecule has 80 valence electrons. The fourth-order valence-electron chi connectivity index (χ4n) is 1.19. The summed E-state index contributed by atoms with van der Waals surface area (Å²) in [6.45, 7) is 4.81. The van der Waals surface area contributed by atoms with E-state index in [1.807, 2.05) is 6.92 Å². The van der Waals surface area contributed by atoms with Crippen LogP contribution < -0.4 is 0 Å². The molecule has 0 saturated heterocycles. The number of aromatic nitrogens is 3. The average molecular weight is 207 g/mol. The van der Waals surface area contributed by atoms with Crippen LogP contribution in [-0.4, -0.2) is 15.0 Å². The summed E-state index contributed by atoms with van der Waals surface area (Å²) in [6, 6.07) is -0.284. The van der Waals surface area contributed by atoms with Crippen LogP contribution in [-0.2, 0) is 6.18 Å². The molecule has 1 unspecified atom stereocenters. The Kier molecular flexibility index (Phi) is 2.82. The molecule has 1 aromatic heterocycles. The Hall–Kier alpha value is -1.07. The van der Waals surface area contributed by atoms with E-state index in [0.717, 1.165) is 4.68 Å². The molecule has 0 saturated carbocycles. The molecule has 0 bridgehead atoms. The quantitative estimate of drug-likeness (QED) is 0.746. The molecule has 1 rings (SSSR count). The van der Waals surface area contributed by atoms with Gasteiger partial charge in [0.25, 0.3) is 0 Å². The second-order valence-corrected chi connectivity index (χ2v) is 3.22. The fraction of sp³-hybridized carbons (Fsp3) is 0.750. The van der Waals surface area contributed by atoms with Gasteiger partial charge in [-0.15, -0.1) is 5.10 Å². The number of hydrogen-bond donors (Lipinski definition) is 0. The molecule has 0 aliphatic carbocycles. The second kappa shape index (κ2) is 3.59. The topological polar surface area (TPSA) is 30.7 Å². The first-order chi connectivity index (χ1) is 6.38. The first kappa shape index (κ1) is 11.0. The zero-order valence-electron chi connectivity index (χ0n) is 8.26. The van der Waals surface area contributed by atoms with Crippen molar-refractivity contribution in [1.29, 1.82) is 0 Å². The van der Waals surface area contributed by atoms with Gasteiger partial charge >= 0.3 is 6.18 Å². The third-order valence-electron chi connectivity index (χ3n) is 2.14. The van der Waals surface area contributed by atoms with E-state index in [9.17, 15) is 13.2 Å². The monoisotopic (exact) mass is 207 g/mol. The Morgan fingerprint density at radius 3 is 2.43 bits per heavy atom. The maximum Gasteiger partial charge on any atom is 0.434 e. The molecule has 1 atom stereocenters. The van der Waals surface area contributed by atoms with Gasteiger partial charge in [0, 0.05) is 0 Å². The van der Waals surface area contributed by atoms with Gasteiger partial charge in [0.2, 0.25) is 0 Å². The van der Waals surface area contributed by atoms with Gasteiger partial charge < -0.3 is 0 Å². The molecule has 0 N–H and O–H groups in total. The van der Waals surface area contributed by atoms with Gasteiger partial charge in [0.15, 0.2) is 5.69 Å². The van der Waals surface area contributed by atoms with E-state index < -0.39 is 11.9 Å². The highest BCUT2D eigenvalue weighted by molar-refractivity contribution is 5.12. The molecule has 0 fully saturated rings. The Labute approximate surface area is 79.9 Å². The van der Waals surface area contributed by atoms with Crippen LogP contribution in [0.1, 0.15) is 37.7 Å². The van der Waals surface area contributed by atoms with Crippen molar-refractivity contribution < 1.29 is 13.2 Å². The standard InChI is InChI=1S/C8H12F3N3/c1-4-5(2)14-7(8(9,10)11)6(3)12-13-14/h5H,4H2,1-3H3. The predicted molar refractivity (Wildman–Crippen MR) is 44.8 cm³/mol. The third kappa shape index (κ3) is 1.88. The van der Waals surface area contributed by atoms with Crippen LogP contribution in [0.4, 0.5) is 13.2 Å². The highest BCUT2D eigenvalue weighted by Crippen LogP contribution is 2.32. The van der Waals surface area contributed by atoms with Gasteiger partial charge in [-0.05, 0) is 20.3 Å². The first-order valence-corrected chi connectivity index (χ1v) is 4.37. The van der Waals surface area contributed by atoms with Crippen LogP contribution >= 0.6 is 0 Å². The molecule has 14 heavy (non-hydrogen) atoms. The van der Waals surface area contributed by atoms with Crippen molar-refractivity contribution in [2.24, 2.45) is 0 Å². The van der Waals surface area contributed by atoms with Gasteiger partial charge in [-0.3, -0.25) is 0 Å². The summed E-state index contributed by atoms with van der Waals surface area (Å²) in [7, 11) is 0. The van der Waals surface area contributed by atoms with Crippen LogP contribution in [0, 0.1) is 6.92 Å². The van der Waals surface area contributed by atoms with E-state index in [1.54, 1.807) is 6.92 Å². The van der Waals surface area contributed by atoms with Crippen LogP contribution in [0.3, 0.4) is 0 Å². The number of halogens is 3. The fourth-order valence-corrected chi connectivity index (χ4v) is 1.19. The number of nitrogens with zero attached hydrogens (tertiary/aromatic N) is 3. The summed E-state index contributed by atoms with van der Waals surface area (Å²) >= 11 is 0. The first-order valence-electron chi connectivity index (χ1n) is 4.37. The Bertz CT molecular complexity index is 316. The van der Waals surface area contributed by atoms with Crippen LogP contribution in [0.2, 0.25) is 0 Å². The van der Waals surface area contributed by atoms with Crippen molar-refractivity contribution in [3.8, 4) is 0 Å². The summed E-state index contributed by atoms with van der Waals surface area (Å²) in [5.74, 6) is 0. The SMILES string of the molecule is CCC(C)n1nnc(C)c1C(F)(F)F. The van der Waals surface area contributed by atoms with Crippen LogP contribution in [0.5, 0.6) is 0 Å². The van der Waals surface area contributed by atoms with Crippen LogP contribution in [0.25, 0.3) is 0 Å². The van der Waals surface area contributed by atoms with E-state index in [1.165, 1.54) is 6.92 Å². The van der Waals surface area contributed by atoms with Crippen molar-refractivity contribution in [3.63, 3.8) is 0 Å². The minimum Gasteiger partial charge on any atom is -0.237 e. The molecule has 0 aromatic carbocycles.